The van der Waals surface area contributed by atoms with Gasteiger partial charge in [-0.05, 0) is 35.8 Å². The number of hydrogen-bond donors (Lipinski definition) is 1. The Hall–Kier alpha value is -3.16. The standard InChI is InChI=1S/C28H41N3O5/c1-10-18(11-2)22(32)16-30-12-13-31(25(30)29-26(35)36-9)17-23(33)19-14-20(27(3,4)5)24(34)21(15-19)28(6,7)8/h12-15,18,34H,10-11,16-17H2,1-9H3/b29-25+. The van der Waals surface area contributed by atoms with E-state index < -0.39 is 6.09 Å². The number of carbonyl (C=O) groups is 3. The van der Waals surface area contributed by atoms with Crippen LogP contribution in [0.4, 0.5) is 4.79 Å². The predicted octanol–water partition coefficient (Wildman–Crippen LogP) is 5.15. The molecule has 0 saturated carbocycles. The molecular formula is C28H41N3O5. The molecule has 36 heavy (non-hydrogen) atoms. The average Bonchev–Trinajstić information content (AvgIpc) is 3.13. The number of aromatic hydroxyl groups is 1. The van der Waals surface area contributed by atoms with Crippen LogP contribution >= 0.6 is 0 Å². The van der Waals surface area contributed by atoms with Crippen molar-refractivity contribution in [3.8, 4) is 5.75 Å². The Balaban J connectivity index is 2.56. The molecule has 8 heteroatoms. The first-order valence-corrected chi connectivity index (χ1v) is 12.5. The van der Waals surface area contributed by atoms with Crippen LogP contribution in [0.15, 0.2) is 29.5 Å². The van der Waals surface area contributed by atoms with Crippen LogP contribution in [0.2, 0.25) is 0 Å². The second kappa shape index (κ2) is 11.3. The van der Waals surface area contributed by atoms with Gasteiger partial charge in [0.05, 0.1) is 20.2 Å². The van der Waals surface area contributed by atoms with Crippen molar-refractivity contribution in [2.24, 2.45) is 10.9 Å². The highest BCUT2D eigenvalue weighted by Gasteiger charge is 2.28. The lowest BCUT2D eigenvalue weighted by Crippen LogP contribution is -2.33. The summed E-state index contributed by atoms with van der Waals surface area (Å²) in [6.07, 6.45) is 3.92. The maximum Gasteiger partial charge on any atom is 0.436 e. The minimum atomic E-state index is -0.819. The lowest BCUT2D eigenvalue weighted by Gasteiger charge is -2.28. The van der Waals surface area contributed by atoms with Gasteiger partial charge in [0.15, 0.2) is 11.6 Å². The van der Waals surface area contributed by atoms with E-state index in [-0.39, 0.29) is 52.8 Å². The van der Waals surface area contributed by atoms with Crippen molar-refractivity contribution in [1.29, 1.82) is 0 Å². The molecule has 1 aromatic carbocycles. The lowest BCUT2D eigenvalue weighted by molar-refractivity contribution is -0.123. The fourth-order valence-electron chi connectivity index (χ4n) is 4.19. The Labute approximate surface area is 214 Å². The van der Waals surface area contributed by atoms with Crippen molar-refractivity contribution in [2.45, 2.75) is 92.2 Å². The molecular weight excluding hydrogens is 458 g/mol. The quantitative estimate of drug-likeness (QED) is 0.506. The molecule has 198 valence electrons. The predicted molar refractivity (Wildman–Crippen MR) is 139 cm³/mol. The fraction of sp³-hybridized carbons (Fsp3) is 0.571. The number of Topliss-reactive ketones (excluding diaryl/α,β-unsaturated/α-hetero) is 2. The monoisotopic (exact) mass is 499 g/mol. The Kier molecular flexibility index (Phi) is 9.10. The lowest BCUT2D eigenvalue weighted by atomic mass is 9.78. The average molecular weight is 500 g/mol. The van der Waals surface area contributed by atoms with Crippen molar-refractivity contribution in [2.75, 3.05) is 7.11 Å². The molecule has 0 aliphatic heterocycles. The van der Waals surface area contributed by atoms with Crippen molar-refractivity contribution < 1.29 is 24.2 Å². The fourth-order valence-corrected chi connectivity index (χ4v) is 4.19. The number of phenols is 1. The maximum absolute atomic E-state index is 13.5. The van der Waals surface area contributed by atoms with E-state index in [1.807, 2.05) is 55.4 Å². The third-order valence-corrected chi connectivity index (χ3v) is 6.44. The normalized spacial score (nSPS) is 12.8. The molecule has 0 unspecified atom stereocenters. The molecule has 0 bridgehead atoms. The van der Waals surface area contributed by atoms with Crippen LogP contribution in [-0.4, -0.2) is 39.0 Å². The van der Waals surface area contributed by atoms with Crippen LogP contribution in [0.1, 0.15) is 89.7 Å². The van der Waals surface area contributed by atoms with E-state index in [0.29, 0.717) is 16.7 Å². The minimum absolute atomic E-state index is 0.0403. The number of hydrogen-bond acceptors (Lipinski definition) is 5. The second-order valence-corrected chi connectivity index (χ2v) is 11.3. The van der Waals surface area contributed by atoms with Crippen molar-refractivity contribution >= 4 is 17.7 Å². The van der Waals surface area contributed by atoms with Gasteiger partial charge in [-0.3, -0.25) is 9.59 Å². The molecule has 0 aliphatic carbocycles. The summed E-state index contributed by atoms with van der Waals surface area (Å²) in [5.41, 5.74) is 1.25. The highest BCUT2D eigenvalue weighted by Crippen LogP contribution is 2.39. The van der Waals surface area contributed by atoms with Gasteiger partial charge in [0.25, 0.3) is 0 Å². The SMILES string of the molecule is CCC(CC)C(=O)Cn1ccn(CC(=O)c2cc(C(C)(C)C)c(O)c(C(C)(C)C)c2)/c1=N/C(=O)OC. The number of nitrogens with zero attached hydrogens (tertiary/aromatic N) is 3. The van der Waals surface area contributed by atoms with Crippen LogP contribution < -0.4 is 5.62 Å². The van der Waals surface area contributed by atoms with Gasteiger partial charge >= 0.3 is 6.09 Å². The van der Waals surface area contributed by atoms with Crippen LogP contribution in [-0.2, 0) is 33.5 Å². The van der Waals surface area contributed by atoms with Crippen molar-refractivity contribution in [3.05, 3.63) is 46.8 Å². The van der Waals surface area contributed by atoms with E-state index in [0.717, 1.165) is 12.8 Å². The summed E-state index contributed by atoms with van der Waals surface area (Å²) in [5, 5.41) is 11.0. The van der Waals surface area contributed by atoms with Crippen LogP contribution in [0.5, 0.6) is 5.75 Å². The third-order valence-electron chi connectivity index (χ3n) is 6.44. The first-order valence-electron chi connectivity index (χ1n) is 12.5. The number of aromatic nitrogens is 2. The van der Waals surface area contributed by atoms with Crippen LogP contribution in [0.3, 0.4) is 0 Å². The van der Waals surface area contributed by atoms with Gasteiger partial charge in [-0.2, -0.15) is 0 Å². The Bertz CT molecular complexity index is 1150. The summed E-state index contributed by atoms with van der Waals surface area (Å²) in [6, 6.07) is 3.47. The van der Waals surface area contributed by atoms with Gasteiger partial charge < -0.3 is 19.0 Å². The summed E-state index contributed by atoms with van der Waals surface area (Å²) < 4.78 is 7.82. The van der Waals surface area contributed by atoms with Crippen LogP contribution in [0.25, 0.3) is 0 Å². The molecule has 1 amide bonds. The van der Waals surface area contributed by atoms with Gasteiger partial charge in [-0.25, -0.2) is 4.79 Å². The van der Waals surface area contributed by atoms with Gasteiger partial charge in [0.2, 0.25) is 5.62 Å². The Morgan fingerprint density at radius 3 is 1.81 bits per heavy atom. The Morgan fingerprint density at radius 1 is 0.917 bits per heavy atom. The number of ether oxygens (including phenoxy) is 1. The molecule has 0 fully saturated rings. The maximum atomic E-state index is 13.5. The van der Waals surface area contributed by atoms with E-state index in [1.54, 1.807) is 33.7 Å². The zero-order valence-corrected chi connectivity index (χ0v) is 23.1. The molecule has 2 rings (SSSR count). The number of amides is 1. The number of rotatable bonds is 8. The van der Waals surface area contributed by atoms with Gasteiger partial charge in [-0.1, -0.05) is 55.4 Å². The molecule has 1 heterocycles. The molecule has 0 radical (unpaired) electrons. The molecule has 0 aliphatic rings. The van der Waals surface area contributed by atoms with Gasteiger partial charge in [0.1, 0.15) is 5.75 Å². The summed E-state index contributed by atoms with van der Waals surface area (Å²) in [6.45, 7) is 15.8. The Morgan fingerprint density at radius 2 is 1.39 bits per heavy atom. The number of carbonyl (C=O) groups excluding carboxylic acids is 3. The molecule has 0 saturated heterocycles. The summed E-state index contributed by atoms with van der Waals surface area (Å²) in [5.74, 6) is -0.0521. The van der Waals surface area contributed by atoms with E-state index in [4.69, 9.17) is 4.74 Å². The topological polar surface area (TPSA) is 103 Å². The van der Waals surface area contributed by atoms with Crippen molar-refractivity contribution in [3.63, 3.8) is 0 Å². The molecule has 8 nitrogen and oxygen atoms in total. The molecule has 0 atom stereocenters. The number of imidazole rings is 1. The first kappa shape index (κ1) is 29.1. The van der Waals surface area contributed by atoms with E-state index in [2.05, 4.69) is 4.99 Å². The number of benzene rings is 1. The highest BCUT2D eigenvalue weighted by atomic mass is 16.5. The highest BCUT2D eigenvalue weighted by molar-refractivity contribution is 5.96. The molecule has 0 spiro atoms. The van der Waals surface area contributed by atoms with Gasteiger partial charge in [0, 0.05) is 35.0 Å². The third kappa shape index (κ3) is 6.74. The molecule has 1 N–H and O–H groups in total. The first-order chi connectivity index (χ1) is 16.6. The second-order valence-electron chi connectivity index (χ2n) is 11.3. The van der Waals surface area contributed by atoms with Crippen LogP contribution in [0, 0.1) is 5.92 Å². The van der Waals surface area contributed by atoms with Gasteiger partial charge in [-0.15, -0.1) is 4.99 Å². The largest absolute Gasteiger partial charge is 0.507 e. The molecule has 2 aromatic rings. The number of phenolic OH excluding ortho intramolecular Hbond substituents is 1. The smallest absolute Gasteiger partial charge is 0.436 e. The van der Waals surface area contributed by atoms with E-state index >= 15 is 0 Å². The number of ketones is 2. The zero-order chi connectivity index (χ0) is 27.4. The number of methoxy groups -OCH3 is 1. The zero-order valence-electron chi connectivity index (χ0n) is 23.1. The van der Waals surface area contributed by atoms with Crippen molar-refractivity contribution in [1.82, 2.24) is 9.13 Å². The molecule has 1 aromatic heterocycles. The van der Waals surface area contributed by atoms with E-state index in [9.17, 15) is 19.5 Å². The minimum Gasteiger partial charge on any atom is -0.507 e. The van der Waals surface area contributed by atoms with E-state index in [1.165, 1.54) is 7.11 Å². The summed E-state index contributed by atoms with van der Waals surface area (Å²) in [4.78, 5) is 42.2. The summed E-state index contributed by atoms with van der Waals surface area (Å²) >= 11 is 0. The summed E-state index contributed by atoms with van der Waals surface area (Å²) in [7, 11) is 1.22.